The smallest absolute Gasteiger partial charge is 0.133 e. The van der Waals surface area contributed by atoms with Crippen LogP contribution in [0.3, 0.4) is 0 Å². The Labute approximate surface area is 56.0 Å². The van der Waals surface area contributed by atoms with Crippen molar-refractivity contribution in [2.75, 3.05) is 33.7 Å². The first kappa shape index (κ1) is 8.59. The van der Waals surface area contributed by atoms with Gasteiger partial charge >= 0.3 is 0 Å². The van der Waals surface area contributed by atoms with Gasteiger partial charge in [-0.25, -0.2) is 0 Å². The summed E-state index contributed by atoms with van der Waals surface area (Å²) in [6, 6.07) is 0. The molecule has 3 nitrogen and oxygen atoms in total. The maximum Gasteiger partial charge on any atom is 0.133 e. The summed E-state index contributed by atoms with van der Waals surface area (Å²) in [6.07, 6.45) is 0.912. The van der Waals surface area contributed by atoms with Crippen molar-refractivity contribution in [1.82, 2.24) is 10.2 Å². The molecule has 0 unspecified atom stereocenters. The molecule has 0 spiro atoms. The quantitative estimate of drug-likeness (QED) is 0.501. The highest BCUT2D eigenvalue weighted by molar-refractivity contribution is 5.51. The zero-order valence-electron chi connectivity index (χ0n) is 6.05. The van der Waals surface area contributed by atoms with E-state index in [-0.39, 0.29) is 0 Å². The molecule has 0 saturated heterocycles. The van der Waals surface area contributed by atoms with E-state index in [1.807, 2.05) is 19.0 Å². The molecule has 0 aliphatic heterocycles. The van der Waals surface area contributed by atoms with Crippen molar-refractivity contribution < 1.29 is 4.79 Å². The van der Waals surface area contributed by atoms with Gasteiger partial charge in [0.2, 0.25) is 0 Å². The average molecular weight is 130 g/mol. The lowest BCUT2D eigenvalue weighted by Crippen LogP contribution is -2.28. The van der Waals surface area contributed by atoms with Gasteiger partial charge in [-0.05, 0) is 14.1 Å². The molecule has 0 aromatic rings. The van der Waals surface area contributed by atoms with Crippen molar-refractivity contribution in [1.29, 1.82) is 0 Å². The molecule has 54 valence electrons. The van der Waals surface area contributed by atoms with Crippen molar-refractivity contribution in [3.05, 3.63) is 0 Å². The predicted molar refractivity (Wildman–Crippen MR) is 37.5 cm³/mol. The van der Waals surface area contributed by atoms with Gasteiger partial charge < -0.3 is 10.1 Å². The van der Waals surface area contributed by atoms with Gasteiger partial charge in [0.05, 0.1) is 6.54 Å². The molecule has 0 atom stereocenters. The molecule has 0 bridgehead atoms. The van der Waals surface area contributed by atoms with Crippen LogP contribution in [0, 0.1) is 0 Å². The molecule has 0 saturated carbocycles. The average Bonchev–Trinajstić information content (AvgIpc) is 1.85. The number of hydrogen-bond donors (Lipinski definition) is 1. The van der Waals surface area contributed by atoms with Crippen LogP contribution in [0.25, 0.3) is 0 Å². The van der Waals surface area contributed by atoms with Gasteiger partial charge in [-0.15, -0.1) is 0 Å². The summed E-state index contributed by atoms with van der Waals surface area (Å²) < 4.78 is 0. The van der Waals surface area contributed by atoms with Crippen molar-refractivity contribution in [3.63, 3.8) is 0 Å². The SMILES string of the molecule is CNCCN(C)CC=O. The van der Waals surface area contributed by atoms with Gasteiger partial charge in [-0.1, -0.05) is 0 Å². The largest absolute Gasteiger partial charge is 0.318 e. The van der Waals surface area contributed by atoms with Crippen LogP contribution >= 0.6 is 0 Å². The molecule has 0 heterocycles. The summed E-state index contributed by atoms with van der Waals surface area (Å²) in [4.78, 5) is 11.9. The Bertz CT molecular complexity index is 75.5. The van der Waals surface area contributed by atoms with E-state index in [0.29, 0.717) is 6.54 Å². The number of nitrogens with zero attached hydrogens (tertiary/aromatic N) is 1. The lowest BCUT2D eigenvalue weighted by molar-refractivity contribution is -0.108. The van der Waals surface area contributed by atoms with E-state index in [0.717, 1.165) is 19.4 Å². The van der Waals surface area contributed by atoms with Crippen molar-refractivity contribution >= 4 is 6.29 Å². The first-order valence-corrected chi connectivity index (χ1v) is 3.08. The van der Waals surface area contributed by atoms with Gasteiger partial charge in [-0.2, -0.15) is 0 Å². The lowest BCUT2D eigenvalue weighted by Gasteiger charge is -2.11. The molecule has 0 amide bonds. The Hall–Kier alpha value is -0.410. The van der Waals surface area contributed by atoms with Gasteiger partial charge in [0.25, 0.3) is 0 Å². The summed E-state index contributed by atoms with van der Waals surface area (Å²) >= 11 is 0. The van der Waals surface area contributed by atoms with Crippen LogP contribution in [-0.2, 0) is 4.79 Å². The van der Waals surface area contributed by atoms with Crippen LogP contribution in [0.15, 0.2) is 0 Å². The van der Waals surface area contributed by atoms with E-state index < -0.39 is 0 Å². The number of rotatable bonds is 5. The molecule has 1 N–H and O–H groups in total. The highest BCUT2D eigenvalue weighted by Crippen LogP contribution is 1.74. The van der Waals surface area contributed by atoms with Crippen LogP contribution in [0.1, 0.15) is 0 Å². The van der Waals surface area contributed by atoms with E-state index in [4.69, 9.17) is 0 Å². The maximum absolute atomic E-state index is 9.92. The van der Waals surface area contributed by atoms with Crippen LogP contribution in [0.4, 0.5) is 0 Å². The molecular weight excluding hydrogens is 116 g/mol. The van der Waals surface area contributed by atoms with Crippen LogP contribution < -0.4 is 5.32 Å². The number of carbonyl (C=O) groups is 1. The Kier molecular flexibility index (Phi) is 5.46. The second-order valence-electron chi connectivity index (χ2n) is 2.03. The van der Waals surface area contributed by atoms with E-state index in [2.05, 4.69) is 5.32 Å². The maximum atomic E-state index is 9.92. The minimum Gasteiger partial charge on any atom is -0.318 e. The van der Waals surface area contributed by atoms with Gasteiger partial charge in [0.1, 0.15) is 6.29 Å². The standard InChI is InChI=1S/C6H14N2O/c1-7-3-4-8(2)5-6-9/h6-7H,3-5H2,1-2H3. The molecule has 0 aliphatic carbocycles. The summed E-state index contributed by atoms with van der Waals surface area (Å²) in [6.45, 7) is 2.39. The number of hydrogen-bond acceptors (Lipinski definition) is 3. The van der Waals surface area contributed by atoms with E-state index in [1.54, 1.807) is 0 Å². The Morgan fingerprint density at radius 1 is 1.67 bits per heavy atom. The van der Waals surface area contributed by atoms with Crippen LogP contribution in [0.5, 0.6) is 0 Å². The number of carbonyl (C=O) groups excluding carboxylic acids is 1. The zero-order valence-corrected chi connectivity index (χ0v) is 6.05. The second-order valence-corrected chi connectivity index (χ2v) is 2.03. The minimum atomic E-state index is 0.529. The topological polar surface area (TPSA) is 32.3 Å². The molecular formula is C6H14N2O. The number of likely N-dealkylation sites (N-methyl/N-ethyl adjacent to an activating group) is 2. The fourth-order valence-electron chi connectivity index (χ4n) is 0.521. The lowest BCUT2D eigenvalue weighted by atomic mass is 10.5. The highest BCUT2D eigenvalue weighted by Gasteiger charge is 1.92. The third-order valence-electron chi connectivity index (χ3n) is 1.13. The van der Waals surface area contributed by atoms with E-state index in [1.165, 1.54) is 0 Å². The molecule has 0 aromatic carbocycles. The summed E-state index contributed by atoms with van der Waals surface area (Å²) in [5.41, 5.74) is 0. The normalized spacial score (nSPS) is 10.1. The molecule has 0 radical (unpaired) electrons. The number of nitrogens with one attached hydrogen (secondary N) is 1. The Morgan fingerprint density at radius 2 is 2.33 bits per heavy atom. The zero-order chi connectivity index (χ0) is 7.11. The highest BCUT2D eigenvalue weighted by atomic mass is 16.1. The van der Waals surface area contributed by atoms with Gasteiger partial charge in [0.15, 0.2) is 0 Å². The van der Waals surface area contributed by atoms with E-state index >= 15 is 0 Å². The molecule has 0 aliphatic rings. The summed E-state index contributed by atoms with van der Waals surface area (Å²) in [7, 11) is 3.82. The Balaban J connectivity index is 3.04. The fourth-order valence-corrected chi connectivity index (χ4v) is 0.521. The first-order chi connectivity index (χ1) is 4.31. The predicted octanol–water partition coefficient (Wildman–Crippen LogP) is -0.663. The van der Waals surface area contributed by atoms with Crippen molar-refractivity contribution in [3.8, 4) is 0 Å². The number of aldehydes is 1. The molecule has 0 fully saturated rings. The molecule has 0 aromatic heterocycles. The van der Waals surface area contributed by atoms with Gasteiger partial charge in [-0.3, -0.25) is 4.90 Å². The second kappa shape index (κ2) is 5.72. The molecule has 0 rings (SSSR count). The molecule has 3 heteroatoms. The van der Waals surface area contributed by atoms with Crippen LogP contribution in [0.2, 0.25) is 0 Å². The fraction of sp³-hybridized carbons (Fsp3) is 0.833. The monoisotopic (exact) mass is 130 g/mol. The van der Waals surface area contributed by atoms with Crippen molar-refractivity contribution in [2.45, 2.75) is 0 Å². The molecule has 9 heavy (non-hydrogen) atoms. The Morgan fingerprint density at radius 3 is 2.78 bits per heavy atom. The van der Waals surface area contributed by atoms with Crippen LogP contribution in [-0.4, -0.2) is 44.9 Å². The third-order valence-corrected chi connectivity index (χ3v) is 1.13. The summed E-state index contributed by atoms with van der Waals surface area (Å²) in [5.74, 6) is 0. The summed E-state index contributed by atoms with van der Waals surface area (Å²) in [5, 5.41) is 3.00. The first-order valence-electron chi connectivity index (χ1n) is 3.08. The minimum absolute atomic E-state index is 0.529. The van der Waals surface area contributed by atoms with E-state index in [9.17, 15) is 4.79 Å². The van der Waals surface area contributed by atoms with Crippen molar-refractivity contribution in [2.24, 2.45) is 0 Å². The third kappa shape index (κ3) is 5.46. The van der Waals surface area contributed by atoms with Gasteiger partial charge in [0, 0.05) is 13.1 Å².